The van der Waals surface area contributed by atoms with E-state index in [9.17, 15) is 4.79 Å². The third-order valence-corrected chi connectivity index (χ3v) is 2.55. The van der Waals surface area contributed by atoms with Gasteiger partial charge in [-0.05, 0) is 12.1 Å². The SMILES string of the molecule is COc1ccc2c(c1)[nH]c(=O)c1nocc12. The first-order valence-corrected chi connectivity index (χ1v) is 4.74. The van der Waals surface area contributed by atoms with Crippen molar-refractivity contribution in [3.63, 3.8) is 0 Å². The summed E-state index contributed by atoms with van der Waals surface area (Å²) in [5.41, 5.74) is 0.766. The number of ether oxygens (including phenoxy) is 1. The Morgan fingerprint density at radius 3 is 3.06 bits per heavy atom. The molecule has 3 rings (SSSR count). The molecule has 1 aromatic carbocycles. The minimum atomic E-state index is -0.260. The van der Waals surface area contributed by atoms with Crippen LogP contribution in [0.1, 0.15) is 0 Å². The highest BCUT2D eigenvalue weighted by molar-refractivity contribution is 6.03. The van der Waals surface area contributed by atoms with E-state index in [1.54, 1.807) is 13.2 Å². The Kier molecular flexibility index (Phi) is 1.73. The molecule has 0 aliphatic rings. The molecule has 0 aliphatic heterocycles. The smallest absolute Gasteiger partial charge is 0.278 e. The van der Waals surface area contributed by atoms with Crippen molar-refractivity contribution in [1.29, 1.82) is 0 Å². The molecule has 0 aliphatic carbocycles. The van der Waals surface area contributed by atoms with Gasteiger partial charge in [0.1, 0.15) is 12.0 Å². The first kappa shape index (κ1) is 8.96. The van der Waals surface area contributed by atoms with E-state index < -0.39 is 0 Å². The molecule has 3 aromatic rings. The Balaban J connectivity index is 2.53. The fourth-order valence-corrected chi connectivity index (χ4v) is 1.76. The summed E-state index contributed by atoms with van der Waals surface area (Å²) in [5.74, 6) is 0.693. The van der Waals surface area contributed by atoms with Crippen molar-refractivity contribution in [2.24, 2.45) is 0 Å². The summed E-state index contributed by atoms with van der Waals surface area (Å²) in [6.07, 6.45) is 1.47. The van der Waals surface area contributed by atoms with E-state index in [2.05, 4.69) is 10.1 Å². The topological polar surface area (TPSA) is 68.1 Å². The quantitative estimate of drug-likeness (QED) is 0.671. The minimum absolute atomic E-state index is 0.260. The van der Waals surface area contributed by atoms with Gasteiger partial charge in [-0.3, -0.25) is 4.79 Å². The number of pyridine rings is 1. The van der Waals surface area contributed by atoms with Crippen molar-refractivity contribution in [2.75, 3.05) is 7.11 Å². The predicted molar refractivity (Wildman–Crippen MR) is 58.7 cm³/mol. The molecule has 0 unspecified atom stereocenters. The highest BCUT2D eigenvalue weighted by Gasteiger charge is 2.08. The van der Waals surface area contributed by atoms with Crippen LogP contribution >= 0.6 is 0 Å². The zero-order chi connectivity index (χ0) is 11.1. The number of hydrogen-bond donors (Lipinski definition) is 1. The van der Waals surface area contributed by atoms with Crippen LogP contribution < -0.4 is 10.3 Å². The highest BCUT2D eigenvalue weighted by atomic mass is 16.5. The number of nitrogens with one attached hydrogen (secondary N) is 1. The molecule has 80 valence electrons. The molecule has 0 amide bonds. The average molecular weight is 216 g/mol. The second-order valence-electron chi connectivity index (χ2n) is 3.44. The number of aromatic nitrogens is 2. The second kappa shape index (κ2) is 3.10. The number of hydrogen-bond acceptors (Lipinski definition) is 4. The summed E-state index contributed by atoms with van der Waals surface area (Å²) >= 11 is 0. The number of benzene rings is 1. The van der Waals surface area contributed by atoms with Crippen molar-refractivity contribution >= 4 is 21.8 Å². The van der Waals surface area contributed by atoms with Gasteiger partial charge in [-0.15, -0.1) is 0 Å². The molecule has 5 nitrogen and oxygen atoms in total. The van der Waals surface area contributed by atoms with Gasteiger partial charge in [-0.2, -0.15) is 0 Å². The van der Waals surface area contributed by atoms with Crippen molar-refractivity contribution in [3.8, 4) is 5.75 Å². The maximum absolute atomic E-state index is 11.6. The van der Waals surface area contributed by atoms with E-state index in [0.717, 1.165) is 5.39 Å². The number of aromatic amines is 1. The molecular weight excluding hydrogens is 208 g/mol. The summed E-state index contributed by atoms with van der Waals surface area (Å²) < 4.78 is 9.90. The molecule has 5 heteroatoms. The van der Waals surface area contributed by atoms with Crippen molar-refractivity contribution in [3.05, 3.63) is 34.8 Å². The van der Waals surface area contributed by atoms with Crippen molar-refractivity contribution < 1.29 is 9.26 Å². The second-order valence-corrected chi connectivity index (χ2v) is 3.44. The lowest BCUT2D eigenvalue weighted by Crippen LogP contribution is -2.05. The average Bonchev–Trinajstić information content (AvgIpc) is 2.78. The number of fused-ring (bicyclic) bond motifs is 3. The largest absolute Gasteiger partial charge is 0.497 e. The molecule has 0 fully saturated rings. The molecule has 2 heterocycles. The lowest BCUT2D eigenvalue weighted by atomic mass is 10.1. The summed E-state index contributed by atoms with van der Waals surface area (Å²) in [4.78, 5) is 14.4. The van der Waals surface area contributed by atoms with Crippen molar-refractivity contribution in [2.45, 2.75) is 0 Å². The standard InChI is InChI=1S/C11H8N2O3/c1-15-6-2-3-7-8-5-16-13-10(8)11(14)12-9(7)4-6/h2-5H,1H3,(H,12,14). The lowest BCUT2D eigenvalue weighted by Gasteiger charge is -2.02. The van der Waals surface area contributed by atoms with Crippen LogP contribution in [-0.2, 0) is 0 Å². The van der Waals surface area contributed by atoms with E-state index in [1.165, 1.54) is 6.26 Å². The first-order chi connectivity index (χ1) is 7.79. The number of nitrogens with zero attached hydrogens (tertiary/aromatic N) is 1. The van der Waals surface area contributed by atoms with Gasteiger partial charge < -0.3 is 14.2 Å². The number of rotatable bonds is 1. The Bertz CT molecular complexity index is 727. The van der Waals surface area contributed by atoms with Gasteiger partial charge in [-0.25, -0.2) is 0 Å². The molecule has 0 atom stereocenters. The zero-order valence-corrected chi connectivity index (χ0v) is 8.48. The molecular formula is C11H8N2O3. The van der Waals surface area contributed by atoms with Gasteiger partial charge in [0.05, 0.1) is 18.0 Å². The van der Waals surface area contributed by atoms with E-state index in [1.807, 2.05) is 12.1 Å². The summed E-state index contributed by atoms with van der Waals surface area (Å²) in [6.45, 7) is 0. The fourth-order valence-electron chi connectivity index (χ4n) is 1.76. The van der Waals surface area contributed by atoms with E-state index >= 15 is 0 Å². The van der Waals surface area contributed by atoms with E-state index in [4.69, 9.17) is 9.26 Å². The summed E-state index contributed by atoms with van der Waals surface area (Å²) in [7, 11) is 1.58. The fraction of sp³-hybridized carbons (Fsp3) is 0.0909. The number of H-pyrrole nitrogens is 1. The van der Waals surface area contributed by atoms with Gasteiger partial charge in [0, 0.05) is 11.5 Å². The maximum Gasteiger partial charge on any atom is 0.278 e. The van der Waals surface area contributed by atoms with Crippen LogP contribution in [0.25, 0.3) is 21.8 Å². The van der Waals surface area contributed by atoms with Gasteiger partial charge in [0.25, 0.3) is 5.56 Å². The molecule has 1 N–H and O–H groups in total. The van der Waals surface area contributed by atoms with Crippen LogP contribution in [0.3, 0.4) is 0 Å². The van der Waals surface area contributed by atoms with Crippen LogP contribution in [0, 0.1) is 0 Å². The molecule has 16 heavy (non-hydrogen) atoms. The van der Waals surface area contributed by atoms with Gasteiger partial charge in [0.2, 0.25) is 0 Å². The zero-order valence-electron chi connectivity index (χ0n) is 8.48. The molecule has 0 bridgehead atoms. The monoisotopic (exact) mass is 216 g/mol. The molecule has 0 radical (unpaired) electrons. The Morgan fingerprint density at radius 1 is 1.38 bits per heavy atom. The third kappa shape index (κ3) is 1.11. The molecule has 2 aromatic heterocycles. The Labute approximate surface area is 89.6 Å². The van der Waals surface area contributed by atoms with Crippen LogP contribution in [0.15, 0.2) is 33.8 Å². The molecule has 0 saturated carbocycles. The Hall–Kier alpha value is -2.30. The lowest BCUT2D eigenvalue weighted by molar-refractivity contribution is 0.415. The van der Waals surface area contributed by atoms with Crippen LogP contribution in [0.5, 0.6) is 5.75 Å². The number of methoxy groups -OCH3 is 1. The van der Waals surface area contributed by atoms with Crippen LogP contribution in [0.4, 0.5) is 0 Å². The predicted octanol–water partition coefficient (Wildman–Crippen LogP) is 1.68. The summed E-state index contributed by atoms with van der Waals surface area (Å²) in [6, 6.07) is 5.46. The van der Waals surface area contributed by atoms with E-state index in [0.29, 0.717) is 22.2 Å². The highest BCUT2D eigenvalue weighted by Crippen LogP contribution is 2.23. The van der Waals surface area contributed by atoms with Gasteiger partial charge in [-0.1, -0.05) is 5.16 Å². The normalized spacial score (nSPS) is 11.1. The van der Waals surface area contributed by atoms with Gasteiger partial charge >= 0.3 is 0 Å². The van der Waals surface area contributed by atoms with Crippen molar-refractivity contribution in [1.82, 2.24) is 10.1 Å². The van der Waals surface area contributed by atoms with Gasteiger partial charge in [0.15, 0.2) is 5.52 Å². The summed E-state index contributed by atoms with van der Waals surface area (Å²) in [5, 5.41) is 5.26. The van der Waals surface area contributed by atoms with Crippen LogP contribution in [0.2, 0.25) is 0 Å². The maximum atomic E-state index is 11.6. The van der Waals surface area contributed by atoms with E-state index in [-0.39, 0.29) is 5.56 Å². The Morgan fingerprint density at radius 2 is 2.25 bits per heavy atom. The first-order valence-electron chi connectivity index (χ1n) is 4.74. The van der Waals surface area contributed by atoms with Crippen LogP contribution in [-0.4, -0.2) is 17.3 Å². The molecule has 0 saturated heterocycles. The minimum Gasteiger partial charge on any atom is -0.497 e. The molecule has 0 spiro atoms. The third-order valence-electron chi connectivity index (χ3n) is 2.55.